The third-order valence-corrected chi connectivity index (χ3v) is 7.20. The first-order valence-electron chi connectivity index (χ1n) is 11.5. The van der Waals surface area contributed by atoms with Gasteiger partial charge in [0.1, 0.15) is 17.9 Å². The van der Waals surface area contributed by atoms with Gasteiger partial charge in [0.05, 0.1) is 5.69 Å². The maximum absolute atomic E-state index is 13.6. The smallest absolute Gasteiger partial charge is 0.335 e. The van der Waals surface area contributed by atoms with Gasteiger partial charge in [-0.2, -0.15) is 0 Å². The number of nitrogens with zero attached hydrogens (tertiary/aromatic N) is 1. The SMILES string of the molecule is Cc1c(Cl)cccc1N1C(=O)NC(=O)/C(=C\c2c(OCc3ccc(Cl)cc3Cl)ccc3ccccc23)C1=O. The predicted octanol–water partition coefficient (Wildman–Crippen LogP) is 7.35. The van der Waals surface area contributed by atoms with Crippen LogP contribution in [-0.2, 0) is 16.2 Å². The fraction of sp³-hybridized carbons (Fsp3) is 0.0690. The van der Waals surface area contributed by atoms with Crippen molar-refractivity contribution >= 4 is 75.2 Å². The first kappa shape index (κ1) is 25.8. The van der Waals surface area contributed by atoms with E-state index in [0.717, 1.165) is 15.7 Å². The average molecular weight is 566 g/mol. The molecule has 4 amide bonds. The lowest BCUT2D eigenvalue weighted by molar-refractivity contribution is -0.122. The zero-order valence-corrected chi connectivity index (χ0v) is 22.2. The number of halogens is 3. The standard InChI is InChI=1S/C29H19Cl3N2O4/c1-16-23(31)7-4-8-25(16)34-28(36)22(27(35)33-29(34)37)14-21-20-6-3-2-5-17(20)10-12-26(21)38-15-18-9-11-19(30)13-24(18)32/h2-14H,15H2,1H3,(H,33,35,37)/b22-14+. The molecule has 1 aliphatic rings. The van der Waals surface area contributed by atoms with E-state index in [1.165, 1.54) is 6.08 Å². The summed E-state index contributed by atoms with van der Waals surface area (Å²) in [5.41, 5.74) is 1.80. The molecule has 1 aliphatic heterocycles. The summed E-state index contributed by atoms with van der Waals surface area (Å²) < 4.78 is 6.12. The number of hydrogen-bond donors (Lipinski definition) is 1. The molecule has 0 aromatic heterocycles. The van der Waals surface area contributed by atoms with Crippen LogP contribution in [-0.4, -0.2) is 17.8 Å². The van der Waals surface area contributed by atoms with Crippen molar-refractivity contribution in [2.24, 2.45) is 0 Å². The van der Waals surface area contributed by atoms with Gasteiger partial charge in [-0.1, -0.05) is 77.3 Å². The summed E-state index contributed by atoms with van der Waals surface area (Å²) in [6.45, 7) is 1.81. The minimum Gasteiger partial charge on any atom is -0.488 e. The van der Waals surface area contributed by atoms with E-state index in [1.54, 1.807) is 49.4 Å². The van der Waals surface area contributed by atoms with Gasteiger partial charge in [-0.05, 0) is 59.7 Å². The summed E-state index contributed by atoms with van der Waals surface area (Å²) in [7, 11) is 0. The fourth-order valence-corrected chi connectivity index (χ4v) is 4.84. The second kappa shape index (κ2) is 10.5. The van der Waals surface area contributed by atoms with Crippen LogP contribution in [0.4, 0.5) is 10.5 Å². The minimum atomic E-state index is -0.853. The maximum Gasteiger partial charge on any atom is 0.335 e. The Balaban J connectivity index is 1.60. The van der Waals surface area contributed by atoms with Gasteiger partial charge in [0, 0.05) is 26.2 Å². The largest absolute Gasteiger partial charge is 0.488 e. The van der Waals surface area contributed by atoms with Crippen molar-refractivity contribution in [1.29, 1.82) is 0 Å². The highest BCUT2D eigenvalue weighted by atomic mass is 35.5. The zero-order valence-electron chi connectivity index (χ0n) is 19.9. The van der Waals surface area contributed by atoms with Gasteiger partial charge >= 0.3 is 6.03 Å². The van der Waals surface area contributed by atoms with E-state index in [9.17, 15) is 14.4 Å². The number of amides is 4. The first-order chi connectivity index (χ1) is 18.2. The molecule has 9 heteroatoms. The number of barbiturate groups is 1. The van der Waals surface area contributed by atoms with Crippen molar-refractivity contribution in [3.63, 3.8) is 0 Å². The number of anilines is 1. The van der Waals surface area contributed by atoms with Crippen molar-refractivity contribution in [1.82, 2.24) is 5.32 Å². The zero-order chi connectivity index (χ0) is 27.0. The highest BCUT2D eigenvalue weighted by molar-refractivity contribution is 6.40. The molecule has 0 aliphatic carbocycles. The van der Waals surface area contributed by atoms with Crippen LogP contribution in [0.5, 0.6) is 5.75 Å². The van der Waals surface area contributed by atoms with Gasteiger partial charge in [-0.3, -0.25) is 14.9 Å². The number of imide groups is 2. The van der Waals surface area contributed by atoms with Crippen LogP contribution < -0.4 is 15.0 Å². The molecular weight excluding hydrogens is 547 g/mol. The van der Waals surface area contributed by atoms with Crippen LogP contribution in [0.3, 0.4) is 0 Å². The number of benzene rings is 4. The van der Waals surface area contributed by atoms with Crippen molar-refractivity contribution in [2.45, 2.75) is 13.5 Å². The molecule has 190 valence electrons. The summed E-state index contributed by atoms with van der Waals surface area (Å²) in [4.78, 5) is 40.1. The number of ether oxygens (including phenoxy) is 1. The lowest BCUT2D eigenvalue weighted by Crippen LogP contribution is -2.54. The van der Waals surface area contributed by atoms with Crippen molar-refractivity contribution < 1.29 is 19.1 Å². The Morgan fingerprint density at radius 3 is 2.47 bits per heavy atom. The van der Waals surface area contributed by atoms with E-state index in [0.29, 0.717) is 37.5 Å². The number of nitrogens with one attached hydrogen (secondary N) is 1. The Labute approximate surface area is 233 Å². The molecule has 6 nitrogen and oxygen atoms in total. The second-order valence-electron chi connectivity index (χ2n) is 8.56. The number of hydrogen-bond acceptors (Lipinski definition) is 4. The summed E-state index contributed by atoms with van der Waals surface area (Å²) in [5.74, 6) is -1.16. The first-order valence-corrected chi connectivity index (χ1v) is 12.6. The van der Waals surface area contributed by atoms with Crippen molar-refractivity contribution in [3.8, 4) is 5.75 Å². The normalized spacial score (nSPS) is 14.8. The molecule has 0 radical (unpaired) electrons. The number of fused-ring (bicyclic) bond motifs is 1. The molecule has 0 spiro atoms. The minimum absolute atomic E-state index is 0.122. The molecule has 4 aromatic rings. The lowest BCUT2D eigenvalue weighted by Gasteiger charge is -2.28. The Bertz CT molecular complexity index is 1670. The molecule has 0 bridgehead atoms. The topological polar surface area (TPSA) is 75.7 Å². The van der Waals surface area contributed by atoms with E-state index in [2.05, 4.69) is 5.32 Å². The maximum atomic E-state index is 13.6. The van der Waals surface area contributed by atoms with Crippen LogP contribution in [0.1, 0.15) is 16.7 Å². The Hall–Kier alpha value is -3.84. The predicted molar refractivity (Wildman–Crippen MR) is 150 cm³/mol. The average Bonchev–Trinajstić information content (AvgIpc) is 2.88. The number of rotatable bonds is 5. The van der Waals surface area contributed by atoms with Gasteiger partial charge in [-0.15, -0.1) is 0 Å². The van der Waals surface area contributed by atoms with Gasteiger partial charge in [-0.25, -0.2) is 9.69 Å². The third-order valence-electron chi connectivity index (χ3n) is 6.20. The van der Waals surface area contributed by atoms with Gasteiger partial charge < -0.3 is 4.74 Å². The number of urea groups is 1. The summed E-state index contributed by atoms with van der Waals surface area (Å²) in [5, 5.41) is 5.23. The quantitative estimate of drug-likeness (QED) is 0.203. The molecule has 1 saturated heterocycles. The molecule has 0 saturated carbocycles. The fourth-order valence-electron chi connectivity index (χ4n) is 4.20. The van der Waals surface area contributed by atoms with Gasteiger partial charge in [0.25, 0.3) is 11.8 Å². The molecule has 0 atom stereocenters. The summed E-state index contributed by atoms with van der Waals surface area (Å²) >= 11 is 18.6. The molecular formula is C29H19Cl3N2O4. The second-order valence-corrected chi connectivity index (χ2v) is 9.82. The monoisotopic (exact) mass is 564 g/mol. The Kier molecular flexibility index (Phi) is 7.13. The molecule has 1 N–H and O–H groups in total. The van der Waals surface area contributed by atoms with Crippen LogP contribution >= 0.6 is 34.8 Å². The number of carbonyl (C=O) groups is 3. The highest BCUT2D eigenvalue weighted by Crippen LogP contribution is 2.34. The molecule has 1 fully saturated rings. The molecule has 4 aromatic carbocycles. The number of carbonyl (C=O) groups excluding carboxylic acids is 3. The highest BCUT2D eigenvalue weighted by Gasteiger charge is 2.38. The molecule has 1 heterocycles. The van der Waals surface area contributed by atoms with E-state index >= 15 is 0 Å². The van der Waals surface area contributed by atoms with E-state index in [4.69, 9.17) is 39.5 Å². The van der Waals surface area contributed by atoms with Crippen LogP contribution in [0, 0.1) is 6.92 Å². The van der Waals surface area contributed by atoms with Gasteiger partial charge in [0.2, 0.25) is 0 Å². The molecule has 38 heavy (non-hydrogen) atoms. The van der Waals surface area contributed by atoms with Gasteiger partial charge in [0.15, 0.2) is 0 Å². The third kappa shape index (κ3) is 4.86. The van der Waals surface area contributed by atoms with Crippen molar-refractivity contribution in [2.75, 3.05) is 4.90 Å². The lowest BCUT2D eigenvalue weighted by atomic mass is 9.99. The van der Waals surface area contributed by atoms with E-state index in [1.807, 2.05) is 30.3 Å². The van der Waals surface area contributed by atoms with Crippen LogP contribution in [0.2, 0.25) is 15.1 Å². The summed E-state index contributed by atoms with van der Waals surface area (Å²) in [6, 6.07) is 20.3. The van der Waals surface area contributed by atoms with Crippen LogP contribution in [0.15, 0.2) is 78.4 Å². The molecule has 5 rings (SSSR count). The van der Waals surface area contributed by atoms with E-state index in [-0.39, 0.29) is 17.9 Å². The summed E-state index contributed by atoms with van der Waals surface area (Å²) in [6.07, 6.45) is 1.44. The molecule has 0 unspecified atom stereocenters. The van der Waals surface area contributed by atoms with Crippen LogP contribution in [0.25, 0.3) is 16.8 Å². The van der Waals surface area contributed by atoms with E-state index < -0.39 is 17.8 Å². The Morgan fingerprint density at radius 2 is 1.68 bits per heavy atom. The Morgan fingerprint density at radius 1 is 0.895 bits per heavy atom. The van der Waals surface area contributed by atoms with Crippen molar-refractivity contribution in [3.05, 3.63) is 110 Å².